The Kier molecular flexibility index (Phi) is 6.60. The molecule has 0 N–H and O–H groups in total. The topological polar surface area (TPSA) is 42.4 Å². The molecule has 0 fully saturated rings. The molecule has 0 atom stereocenters. The van der Waals surface area contributed by atoms with E-state index >= 15 is 0 Å². The van der Waals surface area contributed by atoms with Gasteiger partial charge in [-0.05, 0) is 13.8 Å². The van der Waals surface area contributed by atoms with Crippen molar-refractivity contribution in [3.8, 4) is 0 Å². The van der Waals surface area contributed by atoms with Gasteiger partial charge < -0.3 is 9.64 Å². The summed E-state index contributed by atoms with van der Waals surface area (Å²) in [5, 5.41) is 2.71. The molecule has 4 nitrogen and oxygen atoms in total. The zero-order valence-corrected chi connectivity index (χ0v) is 12.6. The van der Waals surface area contributed by atoms with E-state index < -0.39 is 0 Å². The molecule has 0 bridgehead atoms. The lowest BCUT2D eigenvalue weighted by Gasteiger charge is -2.26. The molecule has 0 saturated heterocycles. The number of methoxy groups -OCH3 is 1. The smallest absolute Gasteiger partial charge is 0.229 e. The summed E-state index contributed by atoms with van der Waals surface area (Å²) in [6.07, 6.45) is 0.337. The lowest BCUT2D eigenvalue weighted by Crippen LogP contribution is -2.40. The van der Waals surface area contributed by atoms with E-state index in [1.54, 1.807) is 7.11 Å². The number of carbonyl (C=O) groups excluding carboxylic acids is 1. The highest BCUT2D eigenvalue weighted by atomic mass is 35.5. The maximum atomic E-state index is 12.2. The third kappa shape index (κ3) is 4.55. The van der Waals surface area contributed by atoms with Crippen LogP contribution in [0.4, 0.5) is 0 Å². The largest absolute Gasteiger partial charge is 0.383 e. The Morgan fingerprint density at radius 1 is 1.61 bits per heavy atom. The Hall–Kier alpha value is -0.650. The number of carbonyl (C=O) groups is 1. The molecular weight excluding hydrogens is 272 g/mol. The second-order valence-electron chi connectivity index (χ2n) is 4.22. The zero-order chi connectivity index (χ0) is 13.5. The summed E-state index contributed by atoms with van der Waals surface area (Å²) in [4.78, 5) is 18.3. The monoisotopic (exact) mass is 290 g/mol. The van der Waals surface area contributed by atoms with Crippen LogP contribution in [0.1, 0.15) is 24.5 Å². The first-order valence-corrected chi connectivity index (χ1v) is 7.27. The maximum Gasteiger partial charge on any atom is 0.229 e. The summed E-state index contributed by atoms with van der Waals surface area (Å²) in [5.74, 6) is 0.472. The van der Waals surface area contributed by atoms with Crippen molar-refractivity contribution in [2.75, 3.05) is 20.3 Å². The third-order valence-electron chi connectivity index (χ3n) is 2.52. The summed E-state index contributed by atoms with van der Waals surface area (Å²) < 4.78 is 5.02. The highest BCUT2D eigenvalue weighted by Crippen LogP contribution is 2.14. The Balaban J connectivity index is 2.60. The van der Waals surface area contributed by atoms with Crippen molar-refractivity contribution in [2.24, 2.45) is 0 Å². The predicted molar refractivity (Wildman–Crippen MR) is 74.1 cm³/mol. The van der Waals surface area contributed by atoms with Gasteiger partial charge in [-0.25, -0.2) is 4.98 Å². The first kappa shape index (κ1) is 15.4. The number of alkyl halides is 1. The number of rotatable bonds is 7. The van der Waals surface area contributed by atoms with Crippen LogP contribution >= 0.6 is 22.9 Å². The molecule has 0 aromatic carbocycles. The predicted octanol–water partition coefficient (Wildman–Crippen LogP) is 2.31. The van der Waals surface area contributed by atoms with Gasteiger partial charge >= 0.3 is 0 Å². The highest BCUT2D eigenvalue weighted by molar-refractivity contribution is 7.09. The van der Waals surface area contributed by atoms with Crippen molar-refractivity contribution in [3.05, 3.63) is 16.1 Å². The lowest BCUT2D eigenvalue weighted by atomic mass is 10.2. The molecule has 6 heteroatoms. The molecule has 1 rings (SSSR count). The summed E-state index contributed by atoms with van der Waals surface area (Å²) in [7, 11) is 1.64. The Morgan fingerprint density at radius 3 is 2.83 bits per heavy atom. The van der Waals surface area contributed by atoms with Gasteiger partial charge in [-0.2, -0.15) is 0 Å². The third-order valence-corrected chi connectivity index (χ3v) is 3.69. The van der Waals surface area contributed by atoms with Crippen LogP contribution in [0, 0.1) is 0 Å². The number of amides is 1. The first-order valence-electron chi connectivity index (χ1n) is 5.86. The van der Waals surface area contributed by atoms with Crippen molar-refractivity contribution in [1.82, 2.24) is 9.88 Å². The Labute approximate surface area is 117 Å². The molecule has 1 amide bonds. The van der Waals surface area contributed by atoms with Crippen LogP contribution in [0.15, 0.2) is 5.38 Å². The summed E-state index contributed by atoms with van der Waals surface area (Å²) in [6.45, 7) is 5.16. The zero-order valence-electron chi connectivity index (χ0n) is 11.0. The fraction of sp³-hybridized carbons (Fsp3) is 0.667. The summed E-state index contributed by atoms with van der Waals surface area (Å²) in [6, 6.07) is 0.167. The molecule has 102 valence electrons. The van der Waals surface area contributed by atoms with Gasteiger partial charge in [0.2, 0.25) is 5.91 Å². The minimum atomic E-state index is 0.0810. The number of hydrogen-bond donors (Lipinski definition) is 0. The average Bonchev–Trinajstić information content (AvgIpc) is 2.76. The van der Waals surface area contributed by atoms with Crippen molar-refractivity contribution in [1.29, 1.82) is 0 Å². The number of halogens is 1. The minimum Gasteiger partial charge on any atom is -0.383 e. The molecule has 1 aromatic rings. The SMILES string of the molecule is COCCN(C(=O)Cc1nc(CCl)cs1)C(C)C. The van der Waals surface area contributed by atoms with Gasteiger partial charge in [0, 0.05) is 25.1 Å². The number of nitrogens with zero attached hydrogens (tertiary/aromatic N) is 2. The van der Waals surface area contributed by atoms with Crippen LogP contribution in [0.5, 0.6) is 0 Å². The van der Waals surface area contributed by atoms with Gasteiger partial charge in [0.1, 0.15) is 5.01 Å². The molecule has 1 heterocycles. The Bertz CT molecular complexity index is 382. The maximum absolute atomic E-state index is 12.2. The number of aromatic nitrogens is 1. The number of ether oxygens (including phenoxy) is 1. The second-order valence-corrected chi connectivity index (χ2v) is 5.43. The molecule has 0 aliphatic carbocycles. The van der Waals surface area contributed by atoms with Crippen LogP contribution in [-0.2, 0) is 21.8 Å². The average molecular weight is 291 g/mol. The molecule has 18 heavy (non-hydrogen) atoms. The molecular formula is C12H19ClN2O2S. The summed E-state index contributed by atoms with van der Waals surface area (Å²) >= 11 is 7.17. The van der Waals surface area contributed by atoms with E-state index in [2.05, 4.69) is 4.98 Å². The van der Waals surface area contributed by atoms with Gasteiger partial charge in [-0.1, -0.05) is 0 Å². The quantitative estimate of drug-likeness (QED) is 0.724. The number of hydrogen-bond acceptors (Lipinski definition) is 4. The van der Waals surface area contributed by atoms with Crippen molar-refractivity contribution < 1.29 is 9.53 Å². The molecule has 1 aromatic heterocycles. The van der Waals surface area contributed by atoms with E-state index in [4.69, 9.17) is 16.3 Å². The van der Waals surface area contributed by atoms with Crippen LogP contribution in [0.2, 0.25) is 0 Å². The molecule has 0 aliphatic heterocycles. The van der Waals surface area contributed by atoms with Gasteiger partial charge in [0.15, 0.2) is 0 Å². The summed E-state index contributed by atoms with van der Waals surface area (Å²) in [5.41, 5.74) is 0.831. The van der Waals surface area contributed by atoms with Gasteiger partial charge in [0.05, 0.1) is 24.6 Å². The van der Waals surface area contributed by atoms with E-state index in [9.17, 15) is 4.79 Å². The van der Waals surface area contributed by atoms with Crippen LogP contribution in [0.25, 0.3) is 0 Å². The lowest BCUT2D eigenvalue weighted by molar-refractivity contribution is -0.132. The number of thiazole rings is 1. The van der Waals surface area contributed by atoms with Crippen molar-refractivity contribution in [3.63, 3.8) is 0 Å². The molecule has 0 unspecified atom stereocenters. The van der Waals surface area contributed by atoms with Gasteiger partial charge in [0.25, 0.3) is 0 Å². The highest BCUT2D eigenvalue weighted by Gasteiger charge is 2.18. The van der Waals surface area contributed by atoms with E-state index in [1.807, 2.05) is 24.1 Å². The van der Waals surface area contributed by atoms with Gasteiger partial charge in [-0.15, -0.1) is 22.9 Å². The van der Waals surface area contributed by atoms with Crippen molar-refractivity contribution in [2.45, 2.75) is 32.2 Å². The van der Waals surface area contributed by atoms with Crippen molar-refractivity contribution >= 4 is 28.8 Å². The molecule has 0 aliphatic rings. The fourth-order valence-electron chi connectivity index (χ4n) is 1.58. The van der Waals surface area contributed by atoms with Crippen LogP contribution < -0.4 is 0 Å². The molecule has 0 saturated carbocycles. The van der Waals surface area contributed by atoms with Gasteiger partial charge in [-0.3, -0.25) is 4.79 Å². The Morgan fingerprint density at radius 2 is 2.33 bits per heavy atom. The second kappa shape index (κ2) is 7.71. The normalized spacial score (nSPS) is 10.9. The van der Waals surface area contributed by atoms with E-state index in [0.717, 1.165) is 10.7 Å². The van der Waals surface area contributed by atoms with E-state index in [0.29, 0.717) is 25.5 Å². The van der Waals surface area contributed by atoms with Crippen LogP contribution in [0.3, 0.4) is 0 Å². The van der Waals surface area contributed by atoms with E-state index in [-0.39, 0.29) is 11.9 Å². The van der Waals surface area contributed by atoms with E-state index in [1.165, 1.54) is 11.3 Å². The fourth-order valence-corrected chi connectivity index (χ4v) is 2.60. The molecule has 0 radical (unpaired) electrons. The first-order chi connectivity index (χ1) is 8.58. The minimum absolute atomic E-state index is 0.0810. The molecule has 0 spiro atoms. The standard InChI is InChI=1S/C12H19ClN2O2S/c1-9(2)15(4-5-17-3)12(16)6-11-14-10(7-13)8-18-11/h8-9H,4-7H2,1-3H3. The van der Waals surface area contributed by atoms with Crippen LogP contribution in [-0.4, -0.2) is 42.1 Å².